The van der Waals surface area contributed by atoms with E-state index < -0.39 is 37.9 Å². The van der Waals surface area contributed by atoms with Gasteiger partial charge in [-0.3, -0.25) is 14.9 Å². The van der Waals surface area contributed by atoms with Gasteiger partial charge in [-0.25, -0.2) is 13.2 Å². The highest BCUT2D eigenvalue weighted by atomic mass is 32.2. The topological polar surface area (TPSA) is 121 Å². The van der Waals surface area contributed by atoms with E-state index >= 15 is 0 Å². The third kappa shape index (κ3) is 4.68. The normalized spacial score (nSPS) is 13.4. The van der Waals surface area contributed by atoms with E-state index in [1.165, 1.54) is 5.56 Å². The summed E-state index contributed by atoms with van der Waals surface area (Å²) in [4.78, 5) is 34.3. The first-order valence-corrected chi connectivity index (χ1v) is 10.9. The number of ether oxygens (including phenoxy) is 1. The predicted molar refractivity (Wildman–Crippen MR) is 104 cm³/mol. The Kier molecular flexibility index (Phi) is 5.78. The zero-order valence-electron chi connectivity index (χ0n) is 15.7. The number of nitrogens with zero attached hydrogens (tertiary/aromatic N) is 1. The van der Waals surface area contributed by atoms with Crippen LogP contribution in [0.4, 0.5) is 5.69 Å². The summed E-state index contributed by atoms with van der Waals surface area (Å²) in [5.41, 5.74) is 1.87. The molecule has 0 aromatic heterocycles. The highest BCUT2D eigenvalue weighted by Crippen LogP contribution is 2.26. The number of sulfone groups is 1. The van der Waals surface area contributed by atoms with Crippen molar-refractivity contribution < 1.29 is 27.7 Å². The zero-order chi connectivity index (χ0) is 21.2. The number of hydrogen-bond acceptors (Lipinski definition) is 7. The van der Waals surface area contributed by atoms with Crippen LogP contribution in [0.2, 0.25) is 0 Å². The Bertz CT molecular complexity index is 1110. The molecule has 0 saturated carbocycles. The van der Waals surface area contributed by atoms with Gasteiger partial charge in [0.15, 0.2) is 22.2 Å². The van der Waals surface area contributed by atoms with Crippen molar-refractivity contribution in [2.24, 2.45) is 0 Å². The number of rotatable bonds is 6. The minimum absolute atomic E-state index is 0.206. The van der Waals surface area contributed by atoms with Crippen LogP contribution < -0.4 is 0 Å². The molecule has 0 radical (unpaired) electrons. The molecule has 3 rings (SSSR count). The van der Waals surface area contributed by atoms with Crippen molar-refractivity contribution in [3.8, 4) is 0 Å². The van der Waals surface area contributed by atoms with Gasteiger partial charge in [-0.2, -0.15) is 0 Å². The quantitative estimate of drug-likeness (QED) is 0.307. The molecular formula is C20H19NO7S. The van der Waals surface area contributed by atoms with Crippen LogP contribution >= 0.6 is 0 Å². The largest absolute Gasteiger partial charge is 0.454 e. The molecule has 29 heavy (non-hydrogen) atoms. The van der Waals surface area contributed by atoms with Gasteiger partial charge in [0.25, 0.3) is 5.69 Å². The Balaban J connectivity index is 1.73. The fourth-order valence-corrected chi connectivity index (χ4v) is 4.13. The van der Waals surface area contributed by atoms with E-state index in [2.05, 4.69) is 0 Å². The Morgan fingerprint density at radius 2 is 1.69 bits per heavy atom. The van der Waals surface area contributed by atoms with E-state index in [0.29, 0.717) is 5.56 Å². The Morgan fingerprint density at radius 3 is 2.34 bits per heavy atom. The third-order valence-corrected chi connectivity index (χ3v) is 5.94. The maximum atomic E-state index is 12.4. The number of ketones is 1. The second-order valence-electron chi connectivity index (χ2n) is 6.90. The summed E-state index contributed by atoms with van der Waals surface area (Å²) in [7, 11) is -3.84. The van der Waals surface area contributed by atoms with Crippen molar-refractivity contribution in [1.29, 1.82) is 0 Å². The van der Waals surface area contributed by atoms with E-state index in [9.17, 15) is 28.1 Å². The number of Topliss-reactive ketones (excluding diaryl/α,β-unsaturated/α-hetero) is 1. The van der Waals surface area contributed by atoms with Crippen molar-refractivity contribution in [2.75, 3.05) is 12.9 Å². The molecule has 2 aromatic rings. The lowest BCUT2D eigenvalue weighted by molar-refractivity contribution is -0.387. The summed E-state index contributed by atoms with van der Waals surface area (Å²) in [5.74, 6) is -1.33. The van der Waals surface area contributed by atoms with Gasteiger partial charge < -0.3 is 4.74 Å². The summed E-state index contributed by atoms with van der Waals surface area (Å²) in [5, 5.41) is 11.1. The van der Waals surface area contributed by atoms with Crippen LogP contribution in [-0.4, -0.2) is 38.0 Å². The SMILES string of the molecule is CS(=O)(=O)c1ccc(C(=O)OCC(=O)c2ccc3c(c2)CCCC3)cc1[N+](=O)[O-]. The number of aryl methyl sites for hydroxylation is 2. The predicted octanol–water partition coefficient (Wildman–Crippen LogP) is 2.92. The van der Waals surface area contributed by atoms with Crippen LogP contribution in [0.1, 0.15) is 44.7 Å². The number of nitro benzene ring substituents is 1. The zero-order valence-corrected chi connectivity index (χ0v) is 16.5. The summed E-state index contributed by atoms with van der Waals surface area (Å²) < 4.78 is 28.3. The van der Waals surface area contributed by atoms with Gasteiger partial charge in [0.05, 0.1) is 10.5 Å². The first-order chi connectivity index (χ1) is 13.7. The molecule has 0 saturated heterocycles. The van der Waals surface area contributed by atoms with Gasteiger partial charge in [-0.15, -0.1) is 0 Å². The highest BCUT2D eigenvalue weighted by Gasteiger charge is 2.25. The van der Waals surface area contributed by atoms with Gasteiger partial charge in [-0.05, 0) is 55.0 Å². The molecule has 0 N–H and O–H groups in total. The second-order valence-corrected chi connectivity index (χ2v) is 8.89. The van der Waals surface area contributed by atoms with Gasteiger partial charge >= 0.3 is 5.97 Å². The van der Waals surface area contributed by atoms with E-state index in [1.807, 2.05) is 12.1 Å². The number of nitro groups is 1. The first kappa shape index (κ1) is 20.7. The number of fused-ring (bicyclic) bond motifs is 1. The second kappa shape index (κ2) is 8.12. The van der Waals surface area contributed by atoms with Gasteiger partial charge in [-0.1, -0.05) is 12.1 Å². The summed E-state index contributed by atoms with van der Waals surface area (Å²) in [6, 6.07) is 8.37. The number of esters is 1. The van der Waals surface area contributed by atoms with Crippen LogP contribution in [0.25, 0.3) is 0 Å². The summed E-state index contributed by atoms with van der Waals surface area (Å²) in [6.45, 7) is -0.515. The van der Waals surface area contributed by atoms with Crippen molar-refractivity contribution in [3.05, 3.63) is 68.8 Å². The third-order valence-electron chi connectivity index (χ3n) is 4.80. The molecule has 0 unspecified atom stereocenters. The van der Waals surface area contributed by atoms with Crippen LogP contribution in [-0.2, 0) is 27.4 Å². The number of benzene rings is 2. The molecule has 0 bridgehead atoms. The van der Waals surface area contributed by atoms with Crippen LogP contribution in [0.3, 0.4) is 0 Å². The molecule has 2 aromatic carbocycles. The van der Waals surface area contributed by atoms with Gasteiger partial charge in [0.2, 0.25) is 0 Å². The molecule has 0 spiro atoms. The first-order valence-electron chi connectivity index (χ1n) is 8.97. The maximum absolute atomic E-state index is 12.4. The van der Waals surface area contributed by atoms with Crippen LogP contribution in [0, 0.1) is 10.1 Å². The van der Waals surface area contributed by atoms with E-state index in [4.69, 9.17) is 4.74 Å². The minimum Gasteiger partial charge on any atom is -0.454 e. The van der Waals surface area contributed by atoms with Crippen molar-refractivity contribution in [2.45, 2.75) is 30.6 Å². The minimum atomic E-state index is -3.84. The van der Waals surface area contributed by atoms with Crippen molar-refractivity contribution >= 4 is 27.3 Å². The molecule has 1 aliphatic rings. The fourth-order valence-electron chi connectivity index (χ4n) is 3.31. The van der Waals surface area contributed by atoms with Gasteiger partial charge in [0, 0.05) is 17.9 Å². The summed E-state index contributed by atoms with van der Waals surface area (Å²) >= 11 is 0. The van der Waals surface area contributed by atoms with E-state index in [0.717, 1.165) is 55.7 Å². The highest BCUT2D eigenvalue weighted by molar-refractivity contribution is 7.90. The van der Waals surface area contributed by atoms with E-state index in [1.54, 1.807) is 6.07 Å². The average Bonchev–Trinajstić information content (AvgIpc) is 2.70. The molecule has 0 aliphatic heterocycles. The Hall–Kier alpha value is -3.07. The van der Waals surface area contributed by atoms with Crippen molar-refractivity contribution in [1.82, 2.24) is 0 Å². The Labute approximate surface area is 167 Å². The molecule has 152 valence electrons. The number of carbonyl (C=O) groups excluding carboxylic acids is 2. The molecule has 9 heteroatoms. The lowest BCUT2D eigenvalue weighted by Gasteiger charge is -2.16. The molecule has 0 fully saturated rings. The van der Waals surface area contributed by atoms with Crippen LogP contribution in [0.15, 0.2) is 41.3 Å². The molecular weight excluding hydrogens is 398 g/mol. The monoisotopic (exact) mass is 417 g/mol. The lowest BCUT2D eigenvalue weighted by atomic mass is 9.90. The standard InChI is InChI=1S/C20H19NO7S/c1-29(26,27)19-9-8-16(11-17(19)21(24)25)20(23)28-12-18(22)15-7-6-13-4-2-3-5-14(13)10-15/h6-11H,2-5,12H2,1H3. The molecule has 8 nitrogen and oxygen atoms in total. The fraction of sp³-hybridized carbons (Fsp3) is 0.300. The molecule has 0 amide bonds. The number of hydrogen-bond donors (Lipinski definition) is 0. The number of carbonyl (C=O) groups is 2. The lowest BCUT2D eigenvalue weighted by Crippen LogP contribution is -2.15. The van der Waals surface area contributed by atoms with Crippen LogP contribution in [0.5, 0.6) is 0 Å². The van der Waals surface area contributed by atoms with Gasteiger partial charge in [0.1, 0.15) is 4.90 Å². The average molecular weight is 417 g/mol. The molecule has 0 atom stereocenters. The summed E-state index contributed by atoms with van der Waals surface area (Å²) in [6.07, 6.45) is 4.93. The smallest absolute Gasteiger partial charge is 0.338 e. The van der Waals surface area contributed by atoms with Crippen molar-refractivity contribution in [3.63, 3.8) is 0 Å². The van der Waals surface area contributed by atoms with E-state index in [-0.39, 0.29) is 11.3 Å². The molecule has 0 heterocycles. The maximum Gasteiger partial charge on any atom is 0.338 e. The molecule has 1 aliphatic carbocycles. The Morgan fingerprint density at radius 1 is 1.03 bits per heavy atom.